The Morgan fingerprint density at radius 2 is 2.25 bits per heavy atom. The van der Waals surface area contributed by atoms with Gasteiger partial charge in [0.25, 0.3) is 10.2 Å². The highest BCUT2D eigenvalue weighted by Crippen LogP contribution is 2.02. The van der Waals surface area contributed by atoms with Crippen LogP contribution in [0.4, 0.5) is 0 Å². The molecule has 1 unspecified atom stereocenters. The molecule has 0 aromatic carbocycles. The van der Waals surface area contributed by atoms with E-state index in [9.17, 15) is 8.42 Å². The van der Waals surface area contributed by atoms with Gasteiger partial charge in [0.15, 0.2) is 0 Å². The van der Waals surface area contributed by atoms with Gasteiger partial charge in [-0.3, -0.25) is 0 Å². The maximum absolute atomic E-state index is 11.8. The quantitative estimate of drug-likeness (QED) is 0.668. The van der Waals surface area contributed by atoms with Crippen molar-refractivity contribution in [1.82, 2.24) is 14.3 Å². The third-order valence-corrected chi connectivity index (χ3v) is 4.32. The predicted octanol–water partition coefficient (Wildman–Crippen LogP) is -0.851. The van der Waals surface area contributed by atoms with Gasteiger partial charge in [-0.15, -0.1) is 0 Å². The molecule has 1 aliphatic heterocycles. The number of nitrogens with one attached hydrogen (secondary N) is 2. The Morgan fingerprint density at radius 3 is 2.75 bits per heavy atom. The summed E-state index contributed by atoms with van der Waals surface area (Å²) >= 11 is 0. The van der Waals surface area contributed by atoms with Crippen LogP contribution in [-0.4, -0.2) is 58.2 Å². The van der Waals surface area contributed by atoms with E-state index < -0.39 is 10.2 Å². The number of hydrogen-bond donors (Lipinski definition) is 2. The third kappa shape index (κ3) is 3.99. The molecule has 0 saturated carbocycles. The van der Waals surface area contributed by atoms with Crippen LogP contribution in [0.2, 0.25) is 0 Å². The summed E-state index contributed by atoms with van der Waals surface area (Å²) in [5, 5.41) is 3.15. The molecule has 16 heavy (non-hydrogen) atoms. The summed E-state index contributed by atoms with van der Waals surface area (Å²) < 4.78 is 32.8. The molecule has 0 aliphatic carbocycles. The van der Waals surface area contributed by atoms with Crippen LogP contribution in [0.5, 0.6) is 0 Å². The predicted molar refractivity (Wildman–Crippen MR) is 62.4 cm³/mol. The molecule has 96 valence electrons. The topological polar surface area (TPSA) is 70.7 Å². The fourth-order valence-corrected chi connectivity index (χ4v) is 2.48. The number of ether oxygens (including phenoxy) is 1. The zero-order valence-corrected chi connectivity index (χ0v) is 10.9. The minimum Gasteiger partial charge on any atom is -0.374 e. The van der Waals surface area contributed by atoms with Crippen molar-refractivity contribution in [2.24, 2.45) is 0 Å². The van der Waals surface area contributed by atoms with Crippen molar-refractivity contribution in [2.75, 3.05) is 33.3 Å². The molecule has 0 radical (unpaired) electrons. The highest BCUT2D eigenvalue weighted by molar-refractivity contribution is 7.87. The van der Waals surface area contributed by atoms with Crippen molar-refractivity contribution in [3.63, 3.8) is 0 Å². The second-order valence-corrected chi connectivity index (χ2v) is 5.98. The zero-order valence-electron chi connectivity index (χ0n) is 10.1. The fourth-order valence-electron chi connectivity index (χ4n) is 1.33. The minimum absolute atomic E-state index is 0.0529. The number of nitrogens with zero attached hydrogens (tertiary/aromatic N) is 1. The Morgan fingerprint density at radius 1 is 1.56 bits per heavy atom. The molecule has 0 aromatic rings. The molecule has 1 atom stereocenters. The second-order valence-electron chi connectivity index (χ2n) is 4.16. The van der Waals surface area contributed by atoms with Gasteiger partial charge in [0.1, 0.15) is 0 Å². The SMILES string of the molecule is CC(C)N(C)S(=O)(=O)NCC1CNCCO1. The van der Waals surface area contributed by atoms with E-state index in [-0.39, 0.29) is 12.1 Å². The maximum atomic E-state index is 11.8. The molecule has 6 nitrogen and oxygen atoms in total. The fraction of sp³-hybridized carbons (Fsp3) is 1.00. The summed E-state index contributed by atoms with van der Waals surface area (Å²) in [6.07, 6.45) is -0.0795. The van der Waals surface area contributed by atoms with Crippen LogP contribution >= 0.6 is 0 Å². The van der Waals surface area contributed by atoms with Crippen molar-refractivity contribution in [2.45, 2.75) is 26.0 Å². The highest BCUT2D eigenvalue weighted by Gasteiger charge is 2.22. The summed E-state index contributed by atoms with van der Waals surface area (Å²) in [4.78, 5) is 0. The molecule has 1 aliphatic rings. The molecule has 0 amide bonds. The molecule has 1 fully saturated rings. The maximum Gasteiger partial charge on any atom is 0.279 e. The van der Waals surface area contributed by atoms with Gasteiger partial charge < -0.3 is 10.1 Å². The van der Waals surface area contributed by atoms with Crippen molar-refractivity contribution in [3.8, 4) is 0 Å². The molecule has 0 bridgehead atoms. The van der Waals surface area contributed by atoms with E-state index in [0.717, 1.165) is 6.54 Å². The average molecular weight is 251 g/mol. The summed E-state index contributed by atoms with van der Waals surface area (Å²) in [6.45, 7) is 6.12. The lowest BCUT2D eigenvalue weighted by molar-refractivity contribution is 0.0321. The van der Waals surface area contributed by atoms with Crippen LogP contribution < -0.4 is 10.0 Å². The second kappa shape index (κ2) is 5.92. The Balaban J connectivity index is 2.41. The van der Waals surface area contributed by atoms with Gasteiger partial charge >= 0.3 is 0 Å². The molecule has 2 N–H and O–H groups in total. The molecule has 0 spiro atoms. The van der Waals surface area contributed by atoms with Crippen molar-refractivity contribution >= 4 is 10.2 Å². The Labute approximate surface area is 97.5 Å². The van der Waals surface area contributed by atoms with Gasteiger partial charge in [-0.05, 0) is 13.8 Å². The standard InChI is InChI=1S/C9H21N3O3S/c1-8(2)12(3)16(13,14)11-7-9-6-10-4-5-15-9/h8-11H,4-7H2,1-3H3. The first-order chi connectivity index (χ1) is 7.43. The molecular weight excluding hydrogens is 230 g/mol. The number of rotatable bonds is 5. The molecule has 1 rings (SSSR count). The largest absolute Gasteiger partial charge is 0.374 e. The van der Waals surface area contributed by atoms with Crippen LogP contribution in [-0.2, 0) is 14.9 Å². The lowest BCUT2D eigenvalue weighted by Crippen LogP contribution is -2.49. The van der Waals surface area contributed by atoms with E-state index in [1.807, 2.05) is 13.8 Å². The highest BCUT2D eigenvalue weighted by atomic mass is 32.2. The normalized spacial score (nSPS) is 22.9. The summed E-state index contributed by atoms with van der Waals surface area (Å²) in [5.74, 6) is 0. The van der Waals surface area contributed by atoms with E-state index in [1.54, 1.807) is 7.05 Å². The van der Waals surface area contributed by atoms with E-state index in [0.29, 0.717) is 19.7 Å². The Hall–Kier alpha value is -0.210. The first kappa shape index (κ1) is 13.9. The molecule has 0 aromatic heterocycles. The molecule has 1 saturated heterocycles. The lowest BCUT2D eigenvalue weighted by atomic mass is 10.3. The van der Waals surface area contributed by atoms with Gasteiger partial charge in [-0.2, -0.15) is 17.4 Å². The van der Waals surface area contributed by atoms with Gasteiger partial charge in [0.2, 0.25) is 0 Å². The Kier molecular flexibility index (Phi) is 5.13. The summed E-state index contributed by atoms with van der Waals surface area (Å²) in [6, 6.07) is -0.0529. The van der Waals surface area contributed by atoms with E-state index in [1.165, 1.54) is 4.31 Å². The van der Waals surface area contributed by atoms with Crippen molar-refractivity contribution < 1.29 is 13.2 Å². The van der Waals surface area contributed by atoms with Gasteiger partial charge in [0, 0.05) is 32.7 Å². The number of morpholine rings is 1. The summed E-state index contributed by atoms with van der Waals surface area (Å²) in [7, 11) is -1.82. The van der Waals surface area contributed by atoms with Crippen molar-refractivity contribution in [1.29, 1.82) is 0 Å². The lowest BCUT2D eigenvalue weighted by Gasteiger charge is -2.26. The molecule has 1 heterocycles. The zero-order chi connectivity index (χ0) is 12.2. The smallest absolute Gasteiger partial charge is 0.279 e. The van der Waals surface area contributed by atoms with E-state index >= 15 is 0 Å². The van der Waals surface area contributed by atoms with Gasteiger partial charge in [-0.25, -0.2) is 0 Å². The molecular formula is C9H21N3O3S. The first-order valence-electron chi connectivity index (χ1n) is 5.48. The van der Waals surface area contributed by atoms with Crippen molar-refractivity contribution in [3.05, 3.63) is 0 Å². The Bertz CT molecular complexity index is 299. The summed E-state index contributed by atoms with van der Waals surface area (Å²) in [5.41, 5.74) is 0. The first-order valence-corrected chi connectivity index (χ1v) is 6.92. The third-order valence-electron chi connectivity index (χ3n) is 2.60. The monoisotopic (exact) mass is 251 g/mol. The van der Waals surface area contributed by atoms with Crippen LogP contribution in [0.15, 0.2) is 0 Å². The van der Waals surface area contributed by atoms with Crippen LogP contribution in [0, 0.1) is 0 Å². The van der Waals surface area contributed by atoms with Gasteiger partial charge in [-0.1, -0.05) is 0 Å². The minimum atomic E-state index is -3.38. The number of hydrogen-bond acceptors (Lipinski definition) is 4. The van der Waals surface area contributed by atoms with E-state index in [2.05, 4.69) is 10.0 Å². The van der Waals surface area contributed by atoms with Crippen LogP contribution in [0.25, 0.3) is 0 Å². The van der Waals surface area contributed by atoms with Crippen LogP contribution in [0.3, 0.4) is 0 Å². The van der Waals surface area contributed by atoms with Gasteiger partial charge in [0.05, 0.1) is 12.7 Å². The van der Waals surface area contributed by atoms with E-state index in [4.69, 9.17) is 4.74 Å². The molecule has 7 heteroatoms. The average Bonchev–Trinajstić information content (AvgIpc) is 2.27. The van der Waals surface area contributed by atoms with Crippen LogP contribution in [0.1, 0.15) is 13.8 Å².